The van der Waals surface area contributed by atoms with Crippen LogP contribution in [0.5, 0.6) is 0 Å². The zero-order chi connectivity index (χ0) is 13.3. The van der Waals surface area contributed by atoms with E-state index in [1.165, 1.54) is 17.7 Å². The number of rotatable bonds is 3. The van der Waals surface area contributed by atoms with Crippen LogP contribution in [0, 0.1) is 5.92 Å². The normalized spacial score (nSPS) is 25.5. The van der Waals surface area contributed by atoms with Gasteiger partial charge in [0.1, 0.15) is 0 Å². The van der Waals surface area contributed by atoms with Gasteiger partial charge in [0, 0.05) is 28.8 Å². The molecule has 0 bridgehead atoms. The average molecular weight is 311 g/mol. The van der Waals surface area contributed by atoms with E-state index in [9.17, 15) is 0 Å². The van der Waals surface area contributed by atoms with Crippen LogP contribution in [0.1, 0.15) is 32.8 Å². The molecule has 1 fully saturated rings. The van der Waals surface area contributed by atoms with Crippen LogP contribution in [0.15, 0.2) is 22.7 Å². The van der Waals surface area contributed by atoms with E-state index >= 15 is 0 Å². The molecule has 1 aliphatic heterocycles. The molecule has 3 unspecified atom stereocenters. The zero-order valence-electron chi connectivity index (χ0n) is 11.5. The Morgan fingerprint density at radius 2 is 2.17 bits per heavy atom. The summed E-state index contributed by atoms with van der Waals surface area (Å²) in [5.74, 6) is 0.780. The van der Waals surface area contributed by atoms with Gasteiger partial charge in [-0.2, -0.15) is 0 Å². The predicted octanol–water partition coefficient (Wildman–Crippen LogP) is 3.57. The molecule has 1 aliphatic rings. The van der Waals surface area contributed by atoms with E-state index in [0.717, 1.165) is 23.4 Å². The summed E-state index contributed by atoms with van der Waals surface area (Å²) < 4.78 is 1.15. The quantitative estimate of drug-likeness (QED) is 0.924. The first-order chi connectivity index (χ1) is 8.47. The molecule has 18 heavy (non-hydrogen) atoms. The summed E-state index contributed by atoms with van der Waals surface area (Å²) in [7, 11) is 0. The number of benzene rings is 1. The third-order valence-electron chi connectivity index (χ3n) is 3.68. The Kier molecular flexibility index (Phi) is 4.33. The number of nitrogens with two attached hydrogens (primary N) is 1. The van der Waals surface area contributed by atoms with Crippen molar-refractivity contribution in [1.29, 1.82) is 0 Å². The van der Waals surface area contributed by atoms with Crippen LogP contribution in [0.4, 0.5) is 5.69 Å². The number of halogens is 1. The highest BCUT2D eigenvalue weighted by Crippen LogP contribution is 2.33. The fraction of sp³-hybridized carbons (Fsp3) is 0.600. The topological polar surface area (TPSA) is 29.3 Å². The lowest BCUT2D eigenvalue weighted by atomic mass is 10.0. The van der Waals surface area contributed by atoms with E-state index < -0.39 is 0 Å². The monoisotopic (exact) mass is 310 g/mol. The van der Waals surface area contributed by atoms with E-state index in [4.69, 9.17) is 5.73 Å². The van der Waals surface area contributed by atoms with Gasteiger partial charge in [0.25, 0.3) is 0 Å². The third kappa shape index (κ3) is 3.07. The van der Waals surface area contributed by atoms with E-state index in [2.05, 4.69) is 59.8 Å². The number of anilines is 1. The Balaban J connectivity index is 2.32. The highest BCUT2D eigenvalue weighted by molar-refractivity contribution is 9.10. The van der Waals surface area contributed by atoms with Crippen LogP contribution in [0.25, 0.3) is 0 Å². The molecule has 3 heteroatoms. The zero-order valence-corrected chi connectivity index (χ0v) is 13.1. The van der Waals surface area contributed by atoms with Gasteiger partial charge >= 0.3 is 0 Å². The standard InChI is InChI=1S/C15H23BrN2/c1-10-6-12(3)18(9-10)15-8-14(16)5-4-13(15)7-11(2)17/h4-5,8,10-12H,6-7,9,17H2,1-3H3. The third-order valence-corrected chi connectivity index (χ3v) is 4.18. The number of nitrogens with zero attached hydrogens (tertiary/aromatic N) is 1. The van der Waals surface area contributed by atoms with Crippen LogP contribution < -0.4 is 10.6 Å². The fourth-order valence-corrected chi connectivity index (χ4v) is 3.31. The first-order valence-electron chi connectivity index (χ1n) is 6.78. The van der Waals surface area contributed by atoms with Crippen LogP contribution >= 0.6 is 15.9 Å². The second kappa shape index (κ2) is 5.62. The minimum atomic E-state index is 0.209. The highest BCUT2D eigenvalue weighted by atomic mass is 79.9. The molecule has 1 saturated heterocycles. The summed E-state index contributed by atoms with van der Waals surface area (Å²) in [6.45, 7) is 7.88. The molecule has 0 aliphatic carbocycles. The fourth-order valence-electron chi connectivity index (χ4n) is 2.96. The van der Waals surface area contributed by atoms with Crippen LogP contribution in [0.3, 0.4) is 0 Å². The van der Waals surface area contributed by atoms with Gasteiger partial charge in [-0.05, 0) is 50.3 Å². The molecular weight excluding hydrogens is 288 g/mol. The maximum atomic E-state index is 5.96. The molecule has 2 N–H and O–H groups in total. The lowest BCUT2D eigenvalue weighted by Crippen LogP contribution is -2.29. The van der Waals surface area contributed by atoms with Crippen molar-refractivity contribution in [2.45, 2.75) is 45.7 Å². The second-order valence-electron chi connectivity index (χ2n) is 5.80. The summed E-state index contributed by atoms with van der Waals surface area (Å²) >= 11 is 3.59. The van der Waals surface area contributed by atoms with Gasteiger partial charge in [-0.25, -0.2) is 0 Å². The van der Waals surface area contributed by atoms with Crippen molar-refractivity contribution < 1.29 is 0 Å². The van der Waals surface area contributed by atoms with E-state index in [1.807, 2.05) is 0 Å². The lowest BCUT2D eigenvalue weighted by molar-refractivity contribution is 0.625. The van der Waals surface area contributed by atoms with Crippen molar-refractivity contribution >= 4 is 21.6 Å². The number of hydrogen-bond acceptors (Lipinski definition) is 2. The predicted molar refractivity (Wildman–Crippen MR) is 82.1 cm³/mol. The van der Waals surface area contributed by atoms with E-state index in [0.29, 0.717) is 6.04 Å². The minimum absolute atomic E-state index is 0.209. The average Bonchev–Trinajstić information content (AvgIpc) is 2.60. The Labute approximate surface area is 119 Å². The highest BCUT2D eigenvalue weighted by Gasteiger charge is 2.27. The van der Waals surface area contributed by atoms with Gasteiger partial charge in [0.05, 0.1) is 0 Å². The molecule has 0 spiro atoms. The van der Waals surface area contributed by atoms with Gasteiger partial charge in [-0.3, -0.25) is 0 Å². The molecule has 1 aromatic rings. The Hall–Kier alpha value is -0.540. The van der Waals surface area contributed by atoms with Crippen molar-refractivity contribution in [2.24, 2.45) is 11.7 Å². The van der Waals surface area contributed by atoms with Crippen molar-refractivity contribution in [1.82, 2.24) is 0 Å². The minimum Gasteiger partial charge on any atom is -0.368 e. The van der Waals surface area contributed by atoms with Gasteiger partial charge in [-0.15, -0.1) is 0 Å². The summed E-state index contributed by atoms with van der Waals surface area (Å²) in [5, 5.41) is 0. The molecule has 1 aromatic carbocycles. The van der Waals surface area contributed by atoms with E-state index in [-0.39, 0.29) is 6.04 Å². The first kappa shape index (κ1) is 13.9. The molecule has 1 heterocycles. The Bertz CT molecular complexity index is 417. The van der Waals surface area contributed by atoms with E-state index in [1.54, 1.807) is 0 Å². The van der Waals surface area contributed by atoms with Gasteiger partial charge < -0.3 is 10.6 Å². The molecule has 100 valence electrons. The molecule has 0 amide bonds. The molecule has 0 radical (unpaired) electrons. The number of hydrogen-bond donors (Lipinski definition) is 1. The van der Waals surface area contributed by atoms with Gasteiger partial charge in [0.2, 0.25) is 0 Å². The Morgan fingerprint density at radius 3 is 2.72 bits per heavy atom. The summed E-state index contributed by atoms with van der Waals surface area (Å²) in [6, 6.07) is 7.40. The second-order valence-corrected chi connectivity index (χ2v) is 6.71. The summed E-state index contributed by atoms with van der Waals surface area (Å²) in [6.07, 6.45) is 2.23. The van der Waals surface area contributed by atoms with Gasteiger partial charge in [-0.1, -0.05) is 28.9 Å². The largest absolute Gasteiger partial charge is 0.368 e. The molecular formula is C15H23BrN2. The molecule has 0 aromatic heterocycles. The molecule has 3 atom stereocenters. The van der Waals surface area contributed by atoms with Crippen LogP contribution in [-0.2, 0) is 6.42 Å². The van der Waals surface area contributed by atoms with Crippen molar-refractivity contribution in [3.63, 3.8) is 0 Å². The first-order valence-corrected chi connectivity index (χ1v) is 7.57. The lowest BCUT2D eigenvalue weighted by Gasteiger charge is -2.27. The maximum absolute atomic E-state index is 5.96. The van der Waals surface area contributed by atoms with Crippen molar-refractivity contribution in [3.8, 4) is 0 Å². The van der Waals surface area contributed by atoms with Crippen LogP contribution in [0.2, 0.25) is 0 Å². The van der Waals surface area contributed by atoms with Crippen molar-refractivity contribution in [2.75, 3.05) is 11.4 Å². The van der Waals surface area contributed by atoms with Gasteiger partial charge in [0.15, 0.2) is 0 Å². The summed E-state index contributed by atoms with van der Waals surface area (Å²) in [4.78, 5) is 2.53. The van der Waals surface area contributed by atoms with Crippen molar-refractivity contribution in [3.05, 3.63) is 28.2 Å². The Morgan fingerprint density at radius 1 is 1.44 bits per heavy atom. The molecule has 2 nitrogen and oxygen atoms in total. The molecule has 2 rings (SSSR count). The maximum Gasteiger partial charge on any atom is 0.0413 e. The van der Waals surface area contributed by atoms with Crippen LogP contribution in [-0.4, -0.2) is 18.6 Å². The SMILES string of the molecule is CC(N)Cc1ccc(Br)cc1N1CC(C)CC1C. The molecule has 0 saturated carbocycles. The summed E-state index contributed by atoms with van der Waals surface area (Å²) in [5.41, 5.74) is 8.69. The smallest absolute Gasteiger partial charge is 0.0413 e.